The van der Waals surface area contributed by atoms with Crippen LogP contribution in [-0.4, -0.2) is 40.3 Å². The van der Waals surface area contributed by atoms with Crippen LogP contribution in [0.4, 0.5) is 0 Å². The quantitative estimate of drug-likeness (QED) is 0.535. The van der Waals surface area contributed by atoms with Crippen molar-refractivity contribution < 1.29 is 9.52 Å². The third-order valence-corrected chi connectivity index (χ3v) is 2.68. The summed E-state index contributed by atoms with van der Waals surface area (Å²) in [6.07, 6.45) is 0.691. The van der Waals surface area contributed by atoms with Gasteiger partial charge in [-0.05, 0) is 13.0 Å². The van der Waals surface area contributed by atoms with E-state index in [9.17, 15) is 5.11 Å². The molecule has 86 valence electrons. The van der Waals surface area contributed by atoms with E-state index in [0.29, 0.717) is 23.4 Å². The number of hydrogen-bond donors (Lipinski definition) is 2. The van der Waals surface area contributed by atoms with Crippen LogP contribution in [-0.2, 0) is 0 Å². The Labute approximate surface area is 93.7 Å². The fourth-order valence-electron chi connectivity index (χ4n) is 1.01. The first-order valence-corrected chi connectivity index (χ1v) is 6.02. The first-order chi connectivity index (χ1) is 7.22. The minimum Gasteiger partial charge on any atom is -0.416 e. The third-order valence-electron chi connectivity index (χ3n) is 1.71. The van der Waals surface area contributed by atoms with Crippen LogP contribution in [0, 0.1) is 6.92 Å². The topological polar surface area (TPSA) is 71.2 Å². The lowest BCUT2D eigenvalue weighted by Gasteiger charge is -2.09. The largest absolute Gasteiger partial charge is 0.416 e. The Morgan fingerprint density at radius 3 is 2.93 bits per heavy atom. The molecule has 0 aliphatic heterocycles. The van der Waals surface area contributed by atoms with Gasteiger partial charge in [0.15, 0.2) is 0 Å². The summed E-state index contributed by atoms with van der Waals surface area (Å²) >= 11 is 1.38. The van der Waals surface area contributed by atoms with Gasteiger partial charge in [0.05, 0.1) is 6.10 Å². The van der Waals surface area contributed by atoms with E-state index in [1.807, 2.05) is 0 Å². The summed E-state index contributed by atoms with van der Waals surface area (Å²) in [4.78, 5) is 0. The summed E-state index contributed by atoms with van der Waals surface area (Å²) in [5.74, 6) is 1.12. The summed E-state index contributed by atoms with van der Waals surface area (Å²) < 4.78 is 5.17. The smallest absolute Gasteiger partial charge is 0.276 e. The maximum atomic E-state index is 9.57. The molecule has 0 spiro atoms. The number of nitrogens with one attached hydrogen (secondary N) is 1. The van der Waals surface area contributed by atoms with E-state index in [1.54, 1.807) is 6.92 Å². The predicted octanol–water partition coefficient (Wildman–Crippen LogP) is 0.831. The van der Waals surface area contributed by atoms with Gasteiger partial charge in [0.2, 0.25) is 5.89 Å². The average Bonchev–Trinajstić information content (AvgIpc) is 2.62. The van der Waals surface area contributed by atoms with Crippen molar-refractivity contribution in [2.24, 2.45) is 0 Å². The number of thioether (sulfide) groups is 1. The number of aryl methyl sites for hydroxylation is 1. The highest BCUT2D eigenvalue weighted by Crippen LogP contribution is 2.16. The molecule has 1 atom stereocenters. The lowest BCUT2D eigenvalue weighted by Crippen LogP contribution is -2.28. The van der Waals surface area contributed by atoms with Crippen LogP contribution < -0.4 is 5.32 Å². The molecule has 0 aromatic carbocycles. The Kier molecular flexibility index (Phi) is 5.67. The second kappa shape index (κ2) is 6.81. The third kappa shape index (κ3) is 5.15. The van der Waals surface area contributed by atoms with E-state index < -0.39 is 0 Å². The summed E-state index contributed by atoms with van der Waals surface area (Å²) in [6, 6.07) is 0. The number of aliphatic hydroxyl groups is 1. The van der Waals surface area contributed by atoms with Gasteiger partial charge >= 0.3 is 0 Å². The Balaban J connectivity index is 2.13. The molecule has 1 aromatic rings. The van der Waals surface area contributed by atoms with Crippen LogP contribution in [0.2, 0.25) is 0 Å². The molecular weight excluding hydrogens is 214 g/mol. The lowest BCUT2D eigenvalue weighted by molar-refractivity contribution is 0.195. The number of hydrogen-bond acceptors (Lipinski definition) is 6. The fraction of sp³-hybridized carbons (Fsp3) is 0.778. The molecule has 0 saturated heterocycles. The standard InChI is InChI=1S/C9H17N3O2S/c1-3-4-10-5-8(13)6-15-9-12-11-7(2)14-9/h8,10,13H,3-6H2,1-2H3. The number of nitrogens with zero attached hydrogens (tertiary/aromatic N) is 2. The van der Waals surface area contributed by atoms with Gasteiger partial charge in [0.25, 0.3) is 5.22 Å². The summed E-state index contributed by atoms with van der Waals surface area (Å²) in [6.45, 7) is 5.38. The SMILES string of the molecule is CCCNCC(O)CSc1nnc(C)o1. The van der Waals surface area contributed by atoms with Crippen molar-refractivity contribution in [3.63, 3.8) is 0 Å². The molecule has 0 aliphatic rings. The molecular formula is C9H17N3O2S. The zero-order valence-corrected chi connectivity index (χ0v) is 9.88. The monoisotopic (exact) mass is 231 g/mol. The van der Waals surface area contributed by atoms with Crippen LogP contribution in [0.15, 0.2) is 9.64 Å². The van der Waals surface area contributed by atoms with Gasteiger partial charge in [-0.1, -0.05) is 18.7 Å². The van der Waals surface area contributed by atoms with Crippen LogP contribution >= 0.6 is 11.8 Å². The second-order valence-electron chi connectivity index (χ2n) is 3.26. The molecule has 0 bridgehead atoms. The molecule has 2 N–H and O–H groups in total. The van der Waals surface area contributed by atoms with E-state index >= 15 is 0 Å². The number of rotatable bonds is 7. The van der Waals surface area contributed by atoms with Crippen molar-refractivity contribution in [3.8, 4) is 0 Å². The number of aromatic nitrogens is 2. The van der Waals surface area contributed by atoms with Gasteiger partial charge in [-0.15, -0.1) is 10.2 Å². The van der Waals surface area contributed by atoms with Gasteiger partial charge < -0.3 is 14.8 Å². The van der Waals surface area contributed by atoms with Crippen LogP contribution in [0.3, 0.4) is 0 Å². The zero-order valence-electron chi connectivity index (χ0n) is 9.06. The van der Waals surface area contributed by atoms with Gasteiger partial charge in [0.1, 0.15) is 0 Å². The first-order valence-electron chi connectivity index (χ1n) is 5.04. The second-order valence-corrected chi connectivity index (χ2v) is 4.23. The molecule has 15 heavy (non-hydrogen) atoms. The maximum absolute atomic E-state index is 9.57. The highest BCUT2D eigenvalue weighted by atomic mass is 32.2. The predicted molar refractivity (Wildman–Crippen MR) is 58.9 cm³/mol. The van der Waals surface area contributed by atoms with Crippen molar-refractivity contribution >= 4 is 11.8 Å². The molecule has 1 heterocycles. The van der Waals surface area contributed by atoms with Crippen LogP contribution in [0.25, 0.3) is 0 Å². The van der Waals surface area contributed by atoms with Crippen molar-refractivity contribution in [1.82, 2.24) is 15.5 Å². The maximum Gasteiger partial charge on any atom is 0.276 e. The van der Waals surface area contributed by atoms with E-state index in [2.05, 4.69) is 22.4 Å². The summed E-state index contributed by atoms with van der Waals surface area (Å²) in [7, 11) is 0. The van der Waals surface area contributed by atoms with Crippen molar-refractivity contribution in [2.75, 3.05) is 18.8 Å². The summed E-state index contributed by atoms with van der Waals surface area (Å²) in [5.41, 5.74) is 0. The number of aliphatic hydroxyl groups excluding tert-OH is 1. The Morgan fingerprint density at radius 2 is 2.33 bits per heavy atom. The molecule has 1 rings (SSSR count). The molecule has 0 fully saturated rings. The normalized spacial score (nSPS) is 13.0. The average molecular weight is 231 g/mol. The molecule has 5 nitrogen and oxygen atoms in total. The van der Waals surface area contributed by atoms with Crippen LogP contribution in [0.1, 0.15) is 19.2 Å². The summed E-state index contributed by atoms with van der Waals surface area (Å²) in [5, 5.41) is 20.8. The van der Waals surface area contributed by atoms with Gasteiger partial charge in [-0.2, -0.15) is 0 Å². The van der Waals surface area contributed by atoms with E-state index in [4.69, 9.17) is 4.42 Å². The van der Waals surface area contributed by atoms with E-state index in [1.165, 1.54) is 11.8 Å². The van der Waals surface area contributed by atoms with E-state index in [0.717, 1.165) is 13.0 Å². The highest BCUT2D eigenvalue weighted by molar-refractivity contribution is 7.99. The Morgan fingerprint density at radius 1 is 1.53 bits per heavy atom. The molecule has 1 unspecified atom stereocenters. The molecule has 0 saturated carbocycles. The molecule has 1 aromatic heterocycles. The Bertz CT molecular complexity index is 280. The van der Waals surface area contributed by atoms with Crippen molar-refractivity contribution in [1.29, 1.82) is 0 Å². The van der Waals surface area contributed by atoms with Crippen LogP contribution in [0.5, 0.6) is 0 Å². The highest BCUT2D eigenvalue weighted by Gasteiger charge is 2.08. The first kappa shape index (κ1) is 12.5. The molecule has 0 radical (unpaired) electrons. The zero-order chi connectivity index (χ0) is 11.1. The van der Waals surface area contributed by atoms with Crippen molar-refractivity contribution in [3.05, 3.63) is 5.89 Å². The van der Waals surface area contributed by atoms with Gasteiger partial charge in [0, 0.05) is 19.2 Å². The minimum atomic E-state index is -0.381. The fourth-order valence-corrected chi connectivity index (χ4v) is 1.74. The van der Waals surface area contributed by atoms with Crippen molar-refractivity contribution in [2.45, 2.75) is 31.6 Å². The van der Waals surface area contributed by atoms with Gasteiger partial charge in [-0.3, -0.25) is 0 Å². The Hall–Kier alpha value is -0.590. The van der Waals surface area contributed by atoms with E-state index in [-0.39, 0.29) is 6.10 Å². The molecule has 0 amide bonds. The molecule has 6 heteroatoms. The molecule has 0 aliphatic carbocycles. The van der Waals surface area contributed by atoms with Gasteiger partial charge in [-0.25, -0.2) is 0 Å². The minimum absolute atomic E-state index is 0.381. The lowest BCUT2D eigenvalue weighted by atomic mass is 10.4.